The van der Waals surface area contributed by atoms with Crippen LogP contribution in [0.5, 0.6) is 0 Å². The molecule has 0 aromatic heterocycles. The van der Waals surface area contributed by atoms with Gasteiger partial charge in [-0.3, -0.25) is 4.79 Å². The Kier molecular flexibility index (Phi) is 3.91. The molecule has 1 aliphatic heterocycles. The van der Waals surface area contributed by atoms with Crippen LogP contribution in [0, 0.1) is 0 Å². The molecule has 1 unspecified atom stereocenters. The molecule has 5 nitrogen and oxygen atoms in total. The van der Waals surface area contributed by atoms with Crippen LogP contribution in [0.25, 0.3) is 0 Å². The van der Waals surface area contributed by atoms with Gasteiger partial charge in [-0.25, -0.2) is 13.6 Å². The third-order valence-electron chi connectivity index (χ3n) is 3.47. The van der Waals surface area contributed by atoms with E-state index in [4.69, 9.17) is 5.14 Å². The summed E-state index contributed by atoms with van der Waals surface area (Å²) in [7, 11) is -3.67. The van der Waals surface area contributed by atoms with Gasteiger partial charge in [-0.15, -0.1) is 0 Å². The zero-order chi connectivity index (χ0) is 14.0. The molecule has 0 radical (unpaired) electrons. The Balaban J connectivity index is 2.28. The van der Waals surface area contributed by atoms with Crippen LogP contribution in [0.4, 0.5) is 5.69 Å². The van der Waals surface area contributed by atoms with Crippen molar-refractivity contribution in [1.29, 1.82) is 0 Å². The van der Waals surface area contributed by atoms with Gasteiger partial charge >= 0.3 is 0 Å². The Morgan fingerprint density at radius 3 is 2.42 bits per heavy atom. The molecule has 1 heterocycles. The maximum atomic E-state index is 11.7. The van der Waals surface area contributed by atoms with E-state index in [0.29, 0.717) is 0 Å². The lowest BCUT2D eigenvalue weighted by Gasteiger charge is -2.36. The van der Waals surface area contributed by atoms with Gasteiger partial charge in [0.2, 0.25) is 10.0 Å². The van der Waals surface area contributed by atoms with Crippen LogP contribution >= 0.6 is 0 Å². The molecule has 104 valence electrons. The minimum Gasteiger partial charge on any atom is -0.362 e. The fraction of sp³-hybridized carbons (Fsp3) is 0.462. The number of ketones is 1. The van der Waals surface area contributed by atoms with E-state index in [1.807, 2.05) is 4.90 Å². The van der Waals surface area contributed by atoms with Crippen LogP contribution in [0.3, 0.4) is 0 Å². The molecule has 0 saturated carbocycles. The first kappa shape index (κ1) is 14.0. The fourth-order valence-corrected chi connectivity index (χ4v) is 3.01. The molecule has 19 heavy (non-hydrogen) atoms. The largest absolute Gasteiger partial charge is 0.362 e. The number of carbonyl (C=O) groups excluding carboxylic acids is 1. The molecular weight excluding hydrogens is 264 g/mol. The summed E-state index contributed by atoms with van der Waals surface area (Å²) >= 11 is 0. The van der Waals surface area contributed by atoms with Crippen molar-refractivity contribution in [2.75, 3.05) is 11.4 Å². The number of Topliss-reactive ketones (excluding diaryl/α,β-unsaturated/α-hetero) is 1. The van der Waals surface area contributed by atoms with Crippen molar-refractivity contribution >= 4 is 21.5 Å². The molecular formula is C13H18N2O3S. The van der Waals surface area contributed by atoms with Gasteiger partial charge in [0.25, 0.3) is 0 Å². The van der Waals surface area contributed by atoms with Gasteiger partial charge in [0.15, 0.2) is 5.78 Å². The number of hydrogen-bond donors (Lipinski definition) is 1. The summed E-state index contributed by atoms with van der Waals surface area (Å²) in [5.74, 6) is 0.148. The Hall–Kier alpha value is -1.40. The quantitative estimate of drug-likeness (QED) is 0.905. The normalized spacial score (nSPS) is 20.3. The van der Waals surface area contributed by atoms with Crippen molar-refractivity contribution in [1.82, 2.24) is 0 Å². The first-order valence-electron chi connectivity index (χ1n) is 6.29. The smallest absolute Gasteiger partial charge is 0.238 e. The summed E-state index contributed by atoms with van der Waals surface area (Å²) in [5, 5.41) is 5.07. The van der Waals surface area contributed by atoms with Gasteiger partial charge in [-0.2, -0.15) is 0 Å². The highest BCUT2D eigenvalue weighted by atomic mass is 32.2. The highest BCUT2D eigenvalue weighted by molar-refractivity contribution is 7.89. The molecule has 1 fully saturated rings. The summed E-state index contributed by atoms with van der Waals surface area (Å²) in [6, 6.07) is 6.28. The predicted molar refractivity (Wildman–Crippen MR) is 73.5 cm³/mol. The summed E-state index contributed by atoms with van der Waals surface area (Å²) in [4.78, 5) is 13.8. The maximum Gasteiger partial charge on any atom is 0.238 e. The molecule has 1 aromatic rings. The summed E-state index contributed by atoms with van der Waals surface area (Å²) in [6.07, 6.45) is 2.95. The Labute approximate surface area is 113 Å². The molecule has 2 rings (SSSR count). The monoisotopic (exact) mass is 282 g/mol. The number of sulfonamides is 1. The molecule has 0 bridgehead atoms. The number of benzene rings is 1. The van der Waals surface area contributed by atoms with E-state index >= 15 is 0 Å². The number of anilines is 1. The second-order valence-electron chi connectivity index (χ2n) is 4.85. The average molecular weight is 282 g/mol. The second kappa shape index (κ2) is 5.30. The zero-order valence-corrected chi connectivity index (χ0v) is 11.7. The van der Waals surface area contributed by atoms with Crippen molar-refractivity contribution in [3.05, 3.63) is 24.3 Å². The number of nitrogens with two attached hydrogens (primary N) is 1. The van der Waals surface area contributed by atoms with Crippen molar-refractivity contribution in [3.8, 4) is 0 Å². The van der Waals surface area contributed by atoms with E-state index in [0.717, 1.165) is 31.5 Å². The van der Waals surface area contributed by atoms with E-state index in [1.54, 1.807) is 19.1 Å². The minimum atomic E-state index is -3.67. The lowest BCUT2D eigenvalue weighted by molar-refractivity contribution is -0.118. The lowest BCUT2D eigenvalue weighted by Crippen LogP contribution is -2.43. The number of hydrogen-bond acceptors (Lipinski definition) is 4. The molecule has 1 aliphatic rings. The van der Waals surface area contributed by atoms with Crippen molar-refractivity contribution in [3.63, 3.8) is 0 Å². The third kappa shape index (κ3) is 3.13. The molecule has 0 amide bonds. The summed E-state index contributed by atoms with van der Waals surface area (Å²) < 4.78 is 22.4. The zero-order valence-electron chi connectivity index (χ0n) is 10.9. The van der Waals surface area contributed by atoms with Crippen molar-refractivity contribution < 1.29 is 13.2 Å². The van der Waals surface area contributed by atoms with Crippen LogP contribution in [-0.4, -0.2) is 26.8 Å². The molecule has 6 heteroatoms. The van der Waals surface area contributed by atoms with Gasteiger partial charge in [-0.1, -0.05) is 0 Å². The molecule has 0 aliphatic carbocycles. The second-order valence-corrected chi connectivity index (χ2v) is 6.42. The standard InChI is InChI=1S/C13H18N2O3S/c1-10(16)13-4-2-3-9-15(13)11-5-7-12(8-6-11)19(14,17)18/h5-8,13H,2-4,9H2,1H3,(H2,14,17,18). The van der Waals surface area contributed by atoms with Crippen LogP contribution < -0.4 is 10.0 Å². The van der Waals surface area contributed by atoms with Gasteiger partial charge in [0, 0.05) is 12.2 Å². The highest BCUT2D eigenvalue weighted by Gasteiger charge is 2.26. The van der Waals surface area contributed by atoms with Crippen LogP contribution in [0.15, 0.2) is 29.2 Å². The minimum absolute atomic E-state index is 0.0904. The molecule has 1 saturated heterocycles. The topological polar surface area (TPSA) is 80.5 Å². The number of primary sulfonamides is 1. The number of carbonyl (C=O) groups is 1. The van der Waals surface area contributed by atoms with E-state index < -0.39 is 10.0 Å². The molecule has 1 aromatic carbocycles. The number of nitrogens with zero attached hydrogens (tertiary/aromatic N) is 1. The molecule has 0 spiro atoms. The van der Waals surface area contributed by atoms with Gasteiger partial charge in [0.05, 0.1) is 10.9 Å². The predicted octanol–water partition coefficient (Wildman–Crippen LogP) is 1.28. The summed E-state index contributed by atoms with van der Waals surface area (Å²) in [6.45, 7) is 2.42. The van der Waals surface area contributed by atoms with E-state index in [-0.39, 0.29) is 16.7 Å². The first-order chi connectivity index (χ1) is 8.89. The average Bonchev–Trinajstić information content (AvgIpc) is 2.38. The summed E-state index contributed by atoms with van der Waals surface area (Å²) in [5.41, 5.74) is 0.868. The van der Waals surface area contributed by atoms with E-state index in [1.165, 1.54) is 12.1 Å². The SMILES string of the molecule is CC(=O)C1CCCCN1c1ccc(S(N)(=O)=O)cc1. The van der Waals surface area contributed by atoms with Crippen LogP contribution in [-0.2, 0) is 14.8 Å². The van der Waals surface area contributed by atoms with E-state index in [2.05, 4.69) is 0 Å². The highest BCUT2D eigenvalue weighted by Crippen LogP contribution is 2.26. The van der Waals surface area contributed by atoms with Crippen LogP contribution in [0.2, 0.25) is 0 Å². The van der Waals surface area contributed by atoms with Gasteiger partial charge in [0.1, 0.15) is 0 Å². The van der Waals surface area contributed by atoms with Crippen LogP contribution in [0.1, 0.15) is 26.2 Å². The van der Waals surface area contributed by atoms with Crippen molar-refractivity contribution in [2.24, 2.45) is 5.14 Å². The van der Waals surface area contributed by atoms with E-state index in [9.17, 15) is 13.2 Å². The van der Waals surface area contributed by atoms with Gasteiger partial charge in [-0.05, 0) is 50.5 Å². The number of rotatable bonds is 3. The number of piperidine rings is 1. The lowest BCUT2D eigenvalue weighted by atomic mass is 9.98. The fourth-order valence-electron chi connectivity index (χ4n) is 2.49. The van der Waals surface area contributed by atoms with Gasteiger partial charge < -0.3 is 4.90 Å². The van der Waals surface area contributed by atoms with Crippen molar-refractivity contribution in [2.45, 2.75) is 37.1 Å². The molecule has 2 N–H and O–H groups in total. The first-order valence-corrected chi connectivity index (χ1v) is 7.84. The molecule has 1 atom stereocenters. The Morgan fingerprint density at radius 1 is 1.26 bits per heavy atom. The maximum absolute atomic E-state index is 11.7. The third-order valence-corrected chi connectivity index (χ3v) is 4.40. The Morgan fingerprint density at radius 2 is 1.89 bits per heavy atom. The Bertz CT molecular complexity index is 566.